The molecule has 1 fully saturated rings. The lowest BCUT2D eigenvalue weighted by Gasteiger charge is -2.26. The van der Waals surface area contributed by atoms with Crippen molar-refractivity contribution < 1.29 is 14.3 Å². The van der Waals surface area contributed by atoms with Crippen molar-refractivity contribution in [2.45, 2.75) is 18.9 Å². The van der Waals surface area contributed by atoms with E-state index < -0.39 is 0 Å². The molecule has 6 heteroatoms. The minimum Gasteiger partial charge on any atom is -0.472 e. The Hall–Kier alpha value is -1.46. The summed E-state index contributed by atoms with van der Waals surface area (Å²) >= 11 is 6.22. The van der Waals surface area contributed by atoms with Crippen LogP contribution in [0.25, 0.3) is 0 Å². The summed E-state index contributed by atoms with van der Waals surface area (Å²) in [6.45, 7) is 1.72. The number of hydrogen-bond acceptors (Lipinski definition) is 4. The van der Waals surface area contributed by atoms with Gasteiger partial charge in [-0.25, -0.2) is 0 Å². The van der Waals surface area contributed by atoms with E-state index in [1.807, 2.05) is 0 Å². The van der Waals surface area contributed by atoms with Gasteiger partial charge in [-0.15, -0.1) is 0 Å². The molecule has 2 heterocycles. The van der Waals surface area contributed by atoms with E-state index in [-0.39, 0.29) is 12.6 Å². The second kappa shape index (κ2) is 5.27. The summed E-state index contributed by atoms with van der Waals surface area (Å²) in [6.07, 6.45) is 1.91. The van der Waals surface area contributed by atoms with Gasteiger partial charge in [-0.1, -0.05) is 11.6 Å². The molecule has 2 aliphatic heterocycles. The van der Waals surface area contributed by atoms with Crippen LogP contribution in [0.4, 0.5) is 5.69 Å². The van der Waals surface area contributed by atoms with E-state index in [1.54, 1.807) is 12.1 Å². The van der Waals surface area contributed by atoms with E-state index in [0.29, 0.717) is 22.4 Å². The number of rotatable bonds is 2. The molecule has 1 amide bonds. The van der Waals surface area contributed by atoms with Crippen molar-refractivity contribution >= 4 is 23.2 Å². The first kappa shape index (κ1) is 12.6. The highest BCUT2D eigenvalue weighted by Gasteiger charge is 2.21. The molecule has 5 nitrogen and oxygen atoms in total. The second-order valence-electron chi connectivity index (χ2n) is 4.65. The van der Waals surface area contributed by atoms with E-state index in [4.69, 9.17) is 21.1 Å². The molecule has 0 aliphatic carbocycles. The van der Waals surface area contributed by atoms with Crippen LogP contribution < -0.4 is 15.4 Å². The van der Waals surface area contributed by atoms with Gasteiger partial charge in [0, 0.05) is 25.3 Å². The first-order valence-electron chi connectivity index (χ1n) is 6.33. The Labute approximate surface area is 116 Å². The summed E-state index contributed by atoms with van der Waals surface area (Å²) in [5.74, 6) is 0.420. The van der Waals surface area contributed by atoms with Gasteiger partial charge in [0.2, 0.25) is 0 Å². The molecule has 3 rings (SSSR count). The molecule has 0 spiro atoms. The number of anilines is 1. The van der Waals surface area contributed by atoms with Crippen molar-refractivity contribution in [1.29, 1.82) is 0 Å². The molecule has 0 saturated carbocycles. The minimum atomic E-state index is -0.152. The van der Waals surface area contributed by atoms with Gasteiger partial charge >= 0.3 is 0 Å². The van der Waals surface area contributed by atoms with Gasteiger partial charge in [0.1, 0.15) is 5.75 Å². The summed E-state index contributed by atoms with van der Waals surface area (Å²) in [5.41, 5.74) is 1.29. The maximum absolute atomic E-state index is 11.7. The molecule has 1 aromatic carbocycles. The summed E-state index contributed by atoms with van der Waals surface area (Å²) < 4.78 is 10.7. The van der Waals surface area contributed by atoms with E-state index in [2.05, 4.69) is 10.6 Å². The average molecular weight is 283 g/mol. The molecule has 0 radical (unpaired) electrons. The van der Waals surface area contributed by atoms with Crippen molar-refractivity contribution in [1.82, 2.24) is 5.32 Å². The molecule has 0 atom stereocenters. The Kier molecular flexibility index (Phi) is 3.48. The number of carbonyl (C=O) groups is 1. The Bertz CT molecular complexity index is 501. The highest BCUT2D eigenvalue weighted by Crippen LogP contribution is 2.33. The molecular weight excluding hydrogens is 268 g/mol. The normalized spacial score (nSPS) is 19.3. The molecule has 0 bridgehead atoms. The van der Waals surface area contributed by atoms with Crippen molar-refractivity contribution in [2.24, 2.45) is 0 Å². The Morgan fingerprint density at radius 3 is 2.89 bits per heavy atom. The number of halogens is 1. The molecular formula is C13H15ClN2O3. The predicted octanol–water partition coefficient (Wildman–Crippen LogP) is 2.01. The molecule has 102 valence electrons. The first-order chi connectivity index (χ1) is 9.24. The monoisotopic (exact) mass is 282 g/mol. The van der Waals surface area contributed by atoms with Crippen LogP contribution in [0.2, 0.25) is 5.02 Å². The molecule has 2 aliphatic rings. The topological polar surface area (TPSA) is 59.6 Å². The zero-order valence-electron chi connectivity index (χ0n) is 10.4. The summed E-state index contributed by atoms with van der Waals surface area (Å²) in [6, 6.07) is 3.79. The van der Waals surface area contributed by atoms with Gasteiger partial charge in [-0.2, -0.15) is 0 Å². The van der Waals surface area contributed by atoms with E-state index >= 15 is 0 Å². The lowest BCUT2D eigenvalue weighted by atomic mass is 10.1. The summed E-state index contributed by atoms with van der Waals surface area (Å²) in [5, 5.41) is 6.53. The minimum absolute atomic E-state index is 0.152. The van der Waals surface area contributed by atoms with Crippen molar-refractivity contribution in [2.75, 3.05) is 25.3 Å². The fourth-order valence-corrected chi connectivity index (χ4v) is 2.52. The largest absolute Gasteiger partial charge is 0.472 e. The third-order valence-corrected chi connectivity index (χ3v) is 3.67. The SMILES string of the molecule is O=C1NCOc2cc(NC3CCOCC3)c(Cl)cc21. The van der Waals surface area contributed by atoms with Crippen molar-refractivity contribution in [3.63, 3.8) is 0 Å². The Morgan fingerprint density at radius 2 is 2.11 bits per heavy atom. The summed E-state index contributed by atoms with van der Waals surface area (Å²) in [4.78, 5) is 11.7. The van der Waals surface area contributed by atoms with Crippen LogP contribution in [-0.2, 0) is 4.74 Å². The standard InChI is InChI=1S/C13H15ClN2O3/c14-10-5-9-12(19-7-15-13(9)17)6-11(10)16-8-1-3-18-4-2-8/h5-6,8,16H,1-4,7H2,(H,15,17). The third-order valence-electron chi connectivity index (χ3n) is 3.36. The first-order valence-corrected chi connectivity index (χ1v) is 6.70. The molecule has 1 saturated heterocycles. The molecule has 2 N–H and O–H groups in total. The van der Waals surface area contributed by atoms with E-state index in [0.717, 1.165) is 31.7 Å². The van der Waals surface area contributed by atoms with Gasteiger partial charge in [0.25, 0.3) is 5.91 Å². The highest BCUT2D eigenvalue weighted by molar-refractivity contribution is 6.33. The molecule has 1 aromatic rings. The maximum Gasteiger partial charge on any atom is 0.257 e. The van der Waals surface area contributed by atoms with Crippen LogP contribution in [0.1, 0.15) is 23.2 Å². The van der Waals surface area contributed by atoms with Gasteiger partial charge < -0.3 is 20.1 Å². The number of nitrogens with one attached hydrogen (secondary N) is 2. The Morgan fingerprint density at radius 1 is 1.32 bits per heavy atom. The number of amides is 1. The third kappa shape index (κ3) is 2.62. The van der Waals surface area contributed by atoms with Crippen LogP contribution in [0.5, 0.6) is 5.75 Å². The van der Waals surface area contributed by atoms with E-state index in [9.17, 15) is 4.79 Å². The Balaban J connectivity index is 1.83. The van der Waals surface area contributed by atoms with Crippen LogP contribution in [0.3, 0.4) is 0 Å². The highest BCUT2D eigenvalue weighted by atomic mass is 35.5. The smallest absolute Gasteiger partial charge is 0.257 e. The van der Waals surface area contributed by atoms with Crippen LogP contribution in [0, 0.1) is 0 Å². The second-order valence-corrected chi connectivity index (χ2v) is 5.06. The summed E-state index contributed by atoms with van der Waals surface area (Å²) in [7, 11) is 0. The maximum atomic E-state index is 11.7. The predicted molar refractivity (Wildman–Crippen MR) is 71.9 cm³/mol. The average Bonchev–Trinajstić information content (AvgIpc) is 2.42. The molecule has 19 heavy (non-hydrogen) atoms. The van der Waals surface area contributed by atoms with Crippen LogP contribution in [-0.4, -0.2) is 31.9 Å². The number of fused-ring (bicyclic) bond motifs is 1. The number of carbonyl (C=O) groups excluding carboxylic acids is 1. The van der Waals surface area contributed by atoms with Crippen molar-refractivity contribution in [3.8, 4) is 5.75 Å². The molecule has 0 aromatic heterocycles. The number of hydrogen-bond donors (Lipinski definition) is 2. The van der Waals surface area contributed by atoms with E-state index in [1.165, 1.54) is 0 Å². The zero-order valence-corrected chi connectivity index (χ0v) is 11.1. The fraction of sp³-hybridized carbons (Fsp3) is 0.462. The van der Waals surface area contributed by atoms with Gasteiger partial charge in [-0.05, 0) is 18.9 Å². The number of ether oxygens (including phenoxy) is 2. The van der Waals surface area contributed by atoms with Crippen molar-refractivity contribution in [3.05, 3.63) is 22.7 Å². The quantitative estimate of drug-likeness (QED) is 0.871. The van der Waals surface area contributed by atoms with Gasteiger partial charge in [0.15, 0.2) is 6.73 Å². The lowest BCUT2D eigenvalue weighted by molar-refractivity contribution is 0.0883. The van der Waals surface area contributed by atoms with Gasteiger partial charge in [-0.3, -0.25) is 4.79 Å². The van der Waals surface area contributed by atoms with Gasteiger partial charge in [0.05, 0.1) is 16.3 Å². The molecule has 0 unspecified atom stereocenters. The zero-order chi connectivity index (χ0) is 13.2. The number of benzene rings is 1. The lowest BCUT2D eigenvalue weighted by Crippen LogP contribution is -2.33. The fourth-order valence-electron chi connectivity index (χ4n) is 2.30. The van der Waals surface area contributed by atoms with Crippen LogP contribution >= 0.6 is 11.6 Å². The van der Waals surface area contributed by atoms with Crippen LogP contribution in [0.15, 0.2) is 12.1 Å².